The fourth-order valence-corrected chi connectivity index (χ4v) is 4.60. The fraction of sp³-hybridized carbons (Fsp3) is 0.423. The lowest BCUT2D eigenvalue weighted by Crippen LogP contribution is -2.37. The predicted molar refractivity (Wildman–Crippen MR) is 120 cm³/mol. The summed E-state index contributed by atoms with van der Waals surface area (Å²) in [5.41, 5.74) is 5.11. The molecule has 2 aromatic carbocycles. The van der Waals surface area contributed by atoms with E-state index in [1.807, 2.05) is 48.2 Å². The van der Waals surface area contributed by atoms with E-state index in [1.165, 1.54) is 11.1 Å². The third kappa shape index (κ3) is 5.04. The third-order valence-electron chi connectivity index (χ3n) is 6.39. The van der Waals surface area contributed by atoms with E-state index >= 15 is 0 Å². The van der Waals surface area contributed by atoms with E-state index in [4.69, 9.17) is 0 Å². The minimum Gasteiger partial charge on any atom is -0.341 e. The number of carbonyl (C=O) groups is 3. The summed E-state index contributed by atoms with van der Waals surface area (Å²) in [6.45, 7) is 4.29. The van der Waals surface area contributed by atoms with E-state index < -0.39 is 0 Å². The average Bonchev–Trinajstić information content (AvgIpc) is 3.11. The van der Waals surface area contributed by atoms with Gasteiger partial charge in [0, 0.05) is 50.1 Å². The van der Waals surface area contributed by atoms with Crippen molar-refractivity contribution >= 4 is 17.6 Å². The van der Waals surface area contributed by atoms with Gasteiger partial charge in [-0.05, 0) is 61.9 Å². The minimum absolute atomic E-state index is 0.000588. The lowest BCUT2D eigenvalue weighted by Gasteiger charge is -2.22. The van der Waals surface area contributed by atoms with Crippen LogP contribution in [0.3, 0.4) is 0 Å². The quantitative estimate of drug-likeness (QED) is 0.694. The van der Waals surface area contributed by atoms with E-state index in [0.717, 1.165) is 36.8 Å². The Morgan fingerprint density at radius 3 is 2.39 bits per heavy atom. The molecule has 1 fully saturated rings. The molecular weight excluding hydrogens is 388 g/mol. The van der Waals surface area contributed by atoms with Gasteiger partial charge in [0.1, 0.15) is 0 Å². The molecule has 0 saturated carbocycles. The number of carbonyl (C=O) groups excluding carboxylic acids is 3. The molecule has 2 aliphatic rings. The lowest BCUT2D eigenvalue weighted by molar-refractivity contribution is -0.131. The molecule has 1 aliphatic heterocycles. The van der Waals surface area contributed by atoms with E-state index in [-0.39, 0.29) is 30.4 Å². The van der Waals surface area contributed by atoms with Gasteiger partial charge in [0.05, 0.1) is 0 Å². The number of benzene rings is 2. The van der Waals surface area contributed by atoms with Crippen LogP contribution in [0.1, 0.15) is 63.1 Å². The molecule has 0 unspecified atom stereocenters. The molecule has 1 heterocycles. The van der Waals surface area contributed by atoms with Crippen molar-refractivity contribution in [3.05, 3.63) is 70.3 Å². The van der Waals surface area contributed by atoms with Crippen LogP contribution in [0.4, 0.5) is 0 Å². The van der Waals surface area contributed by atoms with Gasteiger partial charge in [0.2, 0.25) is 5.91 Å². The summed E-state index contributed by atoms with van der Waals surface area (Å²) in [6, 6.07) is 13.6. The van der Waals surface area contributed by atoms with Gasteiger partial charge >= 0.3 is 0 Å². The summed E-state index contributed by atoms with van der Waals surface area (Å²) in [6.07, 6.45) is 4.51. The van der Waals surface area contributed by atoms with Crippen LogP contribution in [0, 0.1) is 6.92 Å². The highest BCUT2D eigenvalue weighted by Gasteiger charge is 2.23. The Hall–Kier alpha value is -2.95. The molecule has 0 bridgehead atoms. The van der Waals surface area contributed by atoms with Crippen LogP contribution < -0.4 is 0 Å². The van der Waals surface area contributed by atoms with E-state index in [0.29, 0.717) is 31.7 Å². The van der Waals surface area contributed by atoms with Gasteiger partial charge in [-0.25, -0.2) is 0 Å². The van der Waals surface area contributed by atoms with Crippen molar-refractivity contribution in [1.29, 1.82) is 0 Å². The molecule has 5 nitrogen and oxygen atoms in total. The highest BCUT2D eigenvalue weighted by atomic mass is 16.2. The molecule has 0 radical (unpaired) electrons. The Kier molecular flexibility index (Phi) is 6.50. The number of nitrogens with zero attached hydrogens (tertiary/aromatic N) is 2. The Morgan fingerprint density at radius 1 is 0.774 bits per heavy atom. The topological polar surface area (TPSA) is 57.7 Å². The fourth-order valence-electron chi connectivity index (χ4n) is 4.60. The highest BCUT2D eigenvalue weighted by Crippen LogP contribution is 2.23. The van der Waals surface area contributed by atoms with Crippen molar-refractivity contribution in [3.8, 4) is 0 Å². The summed E-state index contributed by atoms with van der Waals surface area (Å²) >= 11 is 0. The summed E-state index contributed by atoms with van der Waals surface area (Å²) < 4.78 is 0. The number of hydrogen-bond donors (Lipinski definition) is 0. The second-order valence-electron chi connectivity index (χ2n) is 8.66. The van der Waals surface area contributed by atoms with Crippen molar-refractivity contribution in [3.63, 3.8) is 0 Å². The number of aryl methyl sites for hydroxylation is 3. The maximum Gasteiger partial charge on any atom is 0.253 e. The zero-order valence-corrected chi connectivity index (χ0v) is 18.2. The van der Waals surface area contributed by atoms with Crippen molar-refractivity contribution in [2.75, 3.05) is 26.2 Å². The van der Waals surface area contributed by atoms with Crippen LogP contribution >= 0.6 is 0 Å². The molecular formula is C26H30N2O3. The molecule has 1 saturated heterocycles. The molecule has 0 N–H and O–H groups in total. The summed E-state index contributed by atoms with van der Waals surface area (Å²) in [5.74, 6) is 0.0540. The Morgan fingerprint density at radius 2 is 1.55 bits per heavy atom. The maximum absolute atomic E-state index is 12.8. The number of Topliss-reactive ketones (excluding diaryl/α,β-unsaturated/α-hetero) is 1. The van der Waals surface area contributed by atoms with Crippen LogP contribution in [0.5, 0.6) is 0 Å². The molecule has 4 rings (SSSR count). The van der Waals surface area contributed by atoms with Crippen molar-refractivity contribution in [2.24, 2.45) is 0 Å². The van der Waals surface area contributed by atoms with Crippen LogP contribution in [-0.2, 0) is 17.6 Å². The average molecular weight is 419 g/mol. The van der Waals surface area contributed by atoms with Gasteiger partial charge in [-0.1, -0.05) is 29.8 Å². The van der Waals surface area contributed by atoms with E-state index in [9.17, 15) is 14.4 Å². The summed E-state index contributed by atoms with van der Waals surface area (Å²) in [7, 11) is 0. The monoisotopic (exact) mass is 418 g/mol. The van der Waals surface area contributed by atoms with Gasteiger partial charge in [-0.2, -0.15) is 0 Å². The third-order valence-corrected chi connectivity index (χ3v) is 6.39. The highest BCUT2D eigenvalue weighted by molar-refractivity contribution is 5.98. The predicted octanol–water partition coefficient (Wildman–Crippen LogP) is 3.82. The van der Waals surface area contributed by atoms with Gasteiger partial charge in [0.15, 0.2) is 5.78 Å². The Labute approximate surface area is 184 Å². The molecule has 0 aromatic heterocycles. The van der Waals surface area contributed by atoms with Crippen LogP contribution in [0.2, 0.25) is 0 Å². The number of amides is 2. The number of hydrogen-bond acceptors (Lipinski definition) is 3. The zero-order chi connectivity index (χ0) is 21.8. The van der Waals surface area contributed by atoms with Gasteiger partial charge in [-0.3, -0.25) is 14.4 Å². The Balaban J connectivity index is 1.29. The first-order valence-corrected chi connectivity index (χ1v) is 11.3. The molecule has 2 aromatic rings. The molecule has 0 spiro atoms. The van der Waals surface area contributed by atoms with Crippen molar-refractivity contribution in [2.45, 2.75) is 45.4 Å². The molecule has 1 aliphatic carbocycles. The summed E-state index contributed by atoms with van der Waals surface area (Å²) in [4.78, 5) is 41.8. The second-order valence-corrected chi connectivity index (χ2v) is 8.66. The van der Waals surface area contributed by atoms with Crippen molar-refractivity contribution in [1.82, 2.24) is 9.80 Å². The van der Waals surface area contributed by atoms with Gasteiger partial charge in [-0.15, -0.1) is 0 Å². The zero-order valence-electron chi connectivity index (χ0n) is 18.2. The first-order valence-electron chi connectivity index (χ1n) is 11.3. The van der Waals surface area contributed by atoms with Gasteiger partial charge < -0.3 is 9.80 Å². The SMILES string of the molecule is Cc1cccc(C(=O)N2CCCN(C(=O)CCC(=O)c3ccc4c(c3)CCC4)CC2)c1. The molecule has 31 heavy (non-hydrogen) atoms. The van der Waals surface area contributed by atoms with E-state index in [1.54, 1.807) is 4.90 Å². The van der Waals surface area contributed by atoms with Crippen LogP contribution in [-0.4, -0.2) is 53.6 Å². The second kappa shape index (κ2) is 9.46. The number of fused-ring (bicyclic) bond motifs is 1. The molecule has 0 atom stereocenters. The summed E-state index contributed by atoms with van der Waals surface area (Å²) in [5, 5.41) is 0. The van der Waals surface area contributed by atoms with Crippen LogP contribution in [0.15, 0.2) is 42.5 Å². The minimum atomic E-state index is -0.000588. The normalized spacial score (nSPS) is 16.0. The molecule has 5 heteroatoms. The van der Waals surface area contributed by atoms with Crippen LogP contribution in [0.25, 0.3) is 0 Å². The largest absolute Gasteiger partial charge is 0.341 e. The molecule has 162 valence electrons. The number of ketones is 1. The van der Waals surface area contributed by atoms with Crippen molar-refractivity contribution < 1.29 is 14.4 Å². The molecule has 2 amide bonds. The van der Waals surface area contributed by atoms with E-state index in [2.05, 4.69) is 6.07 Å². The Bertz CT molecular complexity index is 998. The van der Waals surface area contributed by atoms with Gasteiger partial charge in [0.25, 0.3) is 5.91 Å². The first kappa shape index (κ1) is 21.3. The maximum atomic E-state index is 12.8. The number of rotatable bonds is 5. The lowest BCUT2D eigenvalue weighted by atomic mass is 10.0. The first-order chi connectivity index (χ1) is 15.0. The smallest absolute Gasteiger partial charge is 0.253 e. The standard InChI is InChI=1S/C26H30N2O3/c1-19-5-2-8-23(17-19)26(31)28-14-4-13-27(15-16-28)25(30)12-11-24(29)22-10-9-20-6-3-7-21(20)18-22/h2,5,8-10,17-18H,3-4,6-7,11-16H2,1H3.